The van der Waals surface area contributed by atoms with E-state index >= 15 is 0 Å². The summed E-state index contributed by atoms with van der Waals surface area (Å²) in [5.41, 5.74) is 1.48. The van der Waals surface area contributed by atoms with E-state index in [2.05, 4.69) is 12.2 Å². The lowest BCUT2D eigenvalue weighted by molar-refractivity contribution is -0.384. The number of non-ortho nitro benzene ring substituents is 1. The highest BCUT2D eigenvalue weighted by Gasteiger charge is 2.27. The third-order valence-electron chi connectivity index (χ3n) is 4.19. The van der Waals surface area contributed by atoms with E-state index in [1.165, 1.54) is 18.2 Å². The van der Waals surface area contributed by atoms with Crippen molar-refractivity contribution in [2.24, 2.45) is 5.92 Å². The van der Waals surface area contributed by atoms with E-state index in [9.17, 15) is 14.9 Å². The summed E-state index contributed by atoms with van der Waals surface area (Å²) in [7, 11) is 0. The smallest absolute Gasteiger partial charge is 0.331 e. The number of nitro benzene ring substituents is 1. The van der Waals surface area contributed by atoms with Crippen LogP contribution in [-0.4, -0.2) is 22.0 Å². The molecule has 1 saturated carbocycles. The Balaban J connectivity index is 2.39. The Bertz CT molecular complexity index is 625. The SMILES string of the molecule is CCC(=Cc1cc([N+](=O)[O-])ccc1NC1CCC1C)C(=O)O. The van der Waals surface area contributed by atoms with Gasteiger partial charge in [0.1, 0.15) is 0 Å². The van der Waals surface area contributed by atoms with Crippen LogP contribution >= 0.6 is 0 Å². The van der Waals surface area contributed by atoms with Gasteiger partial charge in [-0.3, -0.25) is 10.1 Å². The van der Waals surface area contributed by atoms with Crippen LogP contribution < -0.4 is 5.32 Å². The zero-order valence-corrected chi connectivity index (χ0v) is 12.7. The molecular weight excluding hydrogens is 284 g/mol. The second-order valence-electron chi connectivity index (χ2n) is 5.66. The van der Waals surface area contributed by atoms with E-state index in [-0.39, 0.29) is 11.3 Å². The van der Waals surface area contributed by atoms with Crippen LogP contribution in [0.3, 0.4) is 0 Å². The number of benzene rings is 1. The summed E-state index contributed by atoms with van der Waals surface area (Å²) >= 11 is 0. The molecule has 0 aromatic heterocycles. The minimum absolute atomic E-state index is 0.0423. The maximum absolute atomic E-state index is 11.2. The number of anilines is 1. The molecule has 0 radical (unpaired) electrons. The highest BCUT2D eigenvalue weighted by molar-refractivity contribution is 5.93. The first-order chi connectivity index (χ1) is 10.4. The molecule has 22 heavy (non-hydrogen) atoms. The molecule has 6 heteroatoms. The lowest BCUT2D eigenvalue weighted by Gasteiger charge is -2.35. The molecule has 0 spiro atoms. The average Bonchev–Trinajstić information content (AvgIpc) is 2.48. The van der Waals surface area contributed by atoms with Crippen molar-refractivity contribution in [1.29, 1.82) is 0 Å². The summed E-state index contributed by atoms with van der Waals surface area (Å²) in [6, 6.07) is 4.85. The molecule has 2 unspecified atom stereocenters. The topological polar surface area (TPSA) is 92.5 Å². The van der Waals surface area contributed by atoms with E-state index in [0.717, 1.165) is 18.5 Å². The van der Waals surface area contributed by atoms with Gasteiger partial charge in [0.25, 0.3) is 5.69 Å². The van der Waals surface area contributed by atoms with E-state index in [1.807, 2.05) is 0 Å². The Morgan fingerprint density at radius 3 is 2.68 bits per heavy atom. The fourth-order valence-corrected chi connectivity index (χ4v) is 2.50. The van der Waals surface area contributed by atoms with Crippen molar-refractivity contribution in [2.45, 2.75) is 39.2 Å². The van der Waals surface area contributed by atoms with Gasteiger partial charge in [-0.15, -0.1) is 0 Å². The van der Waals surface area contributed by atoms with Crippen LogP contribution in [0.15, 0.2) is 23.8 Å². The number of carbonyl (C=O) groups is 1. The molecule has 0 aliphatic heterocycles. The van der Waals surface area contributed by atoms with Crippen LogP contribution in [0.1, 0.15) is 38.7 Å². The van der Waals surface area contributed by atoms with Gasteiger partial charge in [0, 0.05) is 35.0 Å². The molecule has 2 atom stereocenters. The number of nitrogens with one attached hydrogen (secondary N) is 1. The average molecular weight is 304 g/mol. The maximum Gasteiger partial charge on any atom is 0.331 e. The summed E-state index contributed by atoms with van der Waals surface area (Å²) in [5.74, 6) is -0.450. The van der Waals surface area contributed by atoms with Gasteiger partial charge in [-0.25, -0.2) is 4.79 Å². The predicted octanol–water partition coefficient (Wildman–Crippen LogP) is 3.68. The molecule has 2 N–H and O–H groups in total. The van der Waals surface area contributed by atoms with Gasteiger partial charge in [0.2, 0.25) is 0 Å². The quantitative estimate of drug-likeness (QED) is 0.475. The number of hydrogen-bond donors (Lipinski definition) is 2. The third-order valence-corrected chi connectivity index (χ3v) is 4.19. The van der Waals surface area contributed by atoms with Crippen molar-refractivity contribution >= 4 is 23.4 Å². The lowest BCUT2D eigenvalue weighted by atomic mass is 9.81. The van der Waals surface area contributed by atoms with Gasteiger partial charge >= 0.3 is 5.97 Å². The lowest BCUT2D eigenvalue weighted by Crippen LogP contribution is -2.36. The number of nitro groups is 1. The molecule has 2 rings (SSSR count). The Morgan fingerprint density at radius 1 is 1.50 bits per heavy atom. The minimum Gasteiger partial charge on any atom is -0.478 e. The predicted molar refractivity (Wildman–Crippen MR) is 84.8 cm³/mol. The van der Waals surface area contributed by atoms with Crippen LogP contribution in [0, 0.1) is 16.0 Å². The molecule has 6 nitrogen and oxygen atoms in total. The number of carboxylic acid groups (broad SMARTS) is 1. The second-order valence-corrected chi connectivity index (χ2v) is 5.66. The second kappa shape index (κ2) is 6.60. The van der Waals surface area contributed by atoms with Crippen molar-refractivity contribution in [2.75, 3.05) is 5.32 Å². The molecule has 1 aromatic carbocycles. The number of rotatable bonds is 6. The number of hydrogen-bond acceptors (Lipinski definition) is 4. The van der Waals surface area contributed by atoms with E-state index < -0.39 is 10.9 Å². The van der Waals surface area contributed by atoms with Crippen LogP contribution in [-0.2, 0) is 4.79 Å². The number of carboxylic acids is 1. The third kappa shape index (κ3) is 3.44. The summed E-state index contributed by atoms with van der Waals surface area (Å²) in [4.78, 5) is 21.7. The Morgan fingerprint density at radius 2 is 2.23 bits per heavy atom. The Hall–Kier alpha value is -2.37. The summed E-state index contributed by atoms with van der Waals surface area (Å²) in [6.45, 7) is 3.90. The van der Waals surface area contributed by atoms with E-state index in [1.54, 1.807) is 13.0 Å². The molecule has 0 amide bonds. The maximum atomic E-state index is 11.2. The van der Waals surface area contributed by atoms with Gasteiger partial charge in [0.05, 0.1) is 4.92 Å². The Labute approximate surface area is 129 Å². The first-order valence-electron chi connectivity index (χ1n) is 7.41. The molecule has 1 aliphatic rings. The van der Waals surface area contributed by atoms with Crippen LogP contribution in [0.4, 0.5) is 11.4 Å². The number of nitrogens with zero attached hydrogens (tertiary/aromatic N) is 1. The Kier molecular flexibility index (Phi) is 4.80. The fourth-order valence-electron chi connectivity index (χ4n) is 2.50. The fraction of sp³-hybridized carbons (Fsp3) is 0.438. The van der Waals surface area contributed by atoms with E-state index in [0.29, 0.717) is 23.9 Å². The van der Waals surface area contributed by atoms with Crippen molar-refractivity contribution in [3.8, 4) is 0 Å². The molecule has 0 saturated heterocycles. The van der Waals surface area contributed by atoms with Gasteiger partial charge in [-0.2, -0.15) is 0 Å². The molecule has 1 fully saturated rings. The highest BCUT2D eigenvalue weighted by Crippen LogP contribution is 2.33. The van der Waals surface area contributed by atoms with Gasteiger partial charge in [-0.1, -0.05) is 13.8 Å². The molecule has 1 aromatic rings. The van der Waals surface area contributed by atoms with Crippen LogP contribution in [0.2, 0.25) is 0 Å². The van der Waals surface area contributed by atoms with Crippen molar-refractivity contribution in [1.82, 2.24) is 0 Å². The first kappa shape index (κ1) is 16.0. The van der Waals surface area contributed by atoms with Gasteiger partial charge in [-0.05, 0) is 37.3 Å². The van der Waals surface area contributed by atoms with E-state index in [4.69, 9.17) is 5.11 Å². The summed E-state index contributed by atoms with van der Waals surface area (Å²) < 4.78 is 0. The molecular formula is C16H20N2O4. The monoisotopic (exact) mass is 304 g/mol. The first-order valence-corrected chi connectivity index (χ1v) is 7.41. The minimum atomic E-state index is -1.00. The van der Waals surface area contributed by atoms with Crippen molar-refractivity contribution < 1.29 is 14.8 Å². The van der Waals surface area contributed by atoms with Gasteiger partial charge < -0.3 is 10.4 Å². The van der Waals surface area contributed by atoms with Crippen LogP contribution in [0.5, 0.6) is 0 Å². The number of aliphatic carboxylic acids is 1. The molecule has 0 bridgehead atoms. The largest absolute Gasteiger partial charge is 0.478 e. The zero-order valence-electron chi connectivity index (χ0n) is 12.7. The molecule has 0 heterocycles. The highest BCUT2D eigenvalue weighted by atomic mass is 16.6. The van der Waals surface area contributed by atoms with Crippen molar-refractivity contribution in [3.63, 3.8) is 0 Å². The standard InChI is InChI=1S/C16H20N2O4/c1-3-11(16(19)20)8-12-9-13(18(21)22)5-7-15(12)17-14-6-4-10(14)2/h5,7-10,14,17H,3-4,6H2,1-2H3,(H,19,20). The van der Waals surface area contributed by atoms with Gasteiger partial charge in [0.15, 0.2) is 0 Å². The summed E-state index contributed by atoms with van der Waals surface area (Å²) in [6.07, 6.45) is 4.09. The molecule has 118 valence electrons. The molecule has 1 aliphatic carbocycles. The zero-order chi connectivity index (χ0) is 16.3. The normalized spacial score (nSPS) is 21.1. The van der Waals surface area contributed by atoms with Crippen LogP contribution in [0.25, 0.3) is 6.08 Å². The summed E-state index contributed by atoms with van der Waals surface area (Å²) in [5, 5.41) is 23.5. The van der Waals surface area contributed by atoms with Crippen molar-refractivity contribution in [3.05, 3.63) is 39.4 Å².